The average molecular weight is 328 g/mol. The standard InChI is InChI=1S/C18H20N2O4/c1-20(12-15(23-2)24-3)18(22)16-14(10-7-11-19-16)17(21)13-8-5-4-6-9-13/h4-11,15H,12H2,1-3H3. The van der Waals surface area contributed by atoms with Crippen LogP contribution in [0.25, 0.3) is 0 Å². The summed E-state index contributed by atoms with van der Waals surface area (Å²) in [6, 6.07) is 12.0. The van der Waals surface area contributed by atoms with Gasteiger partial charge in [0.05, 0.1) is 12.1 Å². The van der Waals surface area contributed by atoms with E-state index in [0.29, 0.717) is 5.56 Å². The van der Waals surface area contributed by atoms with Crippen LogP contribution in [-0.2, 0) is 9.47 Å². The van der Waals surface area contributed by atoms with E-state index in [2.05, 4.69) is 4.98 Å². The smallest absolute Gasteiger partial charge is 0.273 e. The molecule has 0 aliphatic rings. The molecule has 0 aliphatic carbocycles. The molecule has 0 aliphatic heterocycles. The van der Waals surface area contributed by atoms with E-state index in [-0.39, 0.29) is 29.5 Å². The van der Waals surface area contributed by atoms with Crippen molar-refractivity contribution in [3.8, 4) is 0 Å². The Hall–Kier alpha value is -2.57. The molecule has 0 atom stereocenters. The zero-order chi connectivity index (χ0) is 17.5. The lowest BCUT2D eigenvalue weighted by Gasteiger charge is -2.22. The van der Waals surface area contributed by atoms with Gasteiger partial charge < -0.3 is 14.4 Å². The van der Waals surface area contributed by atoms with Crippen molar-refractivity contribution < 1.29 is 19.1 Å². The Bertz CT molecular complexity index is 699. The van der Waals surface area contributed by atoms with E-state index in [9.17, 15) is 9.59 Å². The van der Waals surface area contributed by atoms with E-state index in [1.165, 1.54) is 25.3 Å². The summed E-state index contributed by atoms with van der Waals surface area (Å²) < 4.78 is 10.2. The summed E-state index contributed by atoms with van der Waals surface area (Å²) >= 11 is 0. The van der Waals surface area contributed by atoms with Crippen molar-refractivity contribution in [1.82, 2.24) is 9.88 Å². The highest BCUT2D eigenvalue weighted by Crippen LogP contribution is 2.14. The summed E-state index contributed by atoms with van der Waals surface area (Å²) in [5.41, 5.74) is 0.889. The number of pyridine rings is 1. The predicted molar refractivity (Wildman–Crippen MR) is 88.9 cm³/mol. The third-order valence-corrected chi connectivity index (χ3v) is 3.59. The number of rotatable bonds is 7. The minimum atomic E-state index is -0.545. The molecule has 6 heteroatoms. The second kappa shape index (κ2) is 8.33. The van der Waals surface area contributed by atoms with Crippen molar-refractivity contribution in [2.75, 3.05) is 27.8 Å². The Morgan fingerprint density at radius 1 is 1.08 bits per heavy atom. The molecule has 0 radical (unpaired) electrons. The third kappa shape index (κ3) is 4.04. The first kappa shape index (κ1) is 17.8. The minimum Gasteiger partial charge on any atom is -0.354 e. The minimum absolute atomic E-state index is 0.111. The molecule has 0 spiro atoms. The quantitative estimate of drug-likeness (QED) is 0.574. The van der Waals surface area contributed by atoms with E-state index in [0.717, 1.165) is 0 Å². The van der Waals surface area contributed by atoms with Gasteiger partial charge in [-0.05, 0) is 12.1 Å². The fourth-order valence-electron chi connectivity index (χ4n) is 2.24. The lowest BCUT2D eigenvalue weighted by atomic mass is 10.0. The highest BCUT2D eigenvalue weighted by Gasteiger charge is 2.23. The van der Waals surface area contributed by atoms with Crippen molar-refractivity contribution in [3.63, 3.8) is 0 Å². The Balaban J connectivity index is 2.28. The van der Waals surface area contributed by atoms with Gasteiger partial charge in [-0.25, -0.2) is 0 Å². The molecule has 1 heterocycles. The number of methoxy groups -OCH3 is 2. The van der Waals surface area contributed by atoms with Gasteiger partial charge in [0.15, 0.2) is 12.1 Å². The first-order valence-corrected chi connectivity index (χ1v) is 7.44. The van der Waals surface area contributed by atoms with Crippen molar-refractivity contribution >= 4 is 11.7 Å². The van der Waals surface area contributed by atoms with Crippen molar-refractivity contribution in [1.29, 1.82) is 0 Å². The number of amides is 1. The van der Waals surface area contributed by atoms with Crippen LogP contribution in [0, 0.1) is 0 Å². The van der Waals surface area contributed by atoms with Gasteiger partial charge in [0, 0.05) is 33.0 Å². The Morgan fingerprint density at radius 2 is 1.75 bits per heavy atom. The van der Waals surface area contributed by atoms with Crippen LogP contribution in [0.15, 0.2) is 48.7 Å². The number of nitrogens with zero attached hydrogens (tertiary/aromatic N) is 2. The van der Waals surface area contributed by atoms with Crippen LogP contribution in [0.5, 0.6) is 0 Å². The molecule has 0 saturated carbocycles. The predicted octanol–water partition coefficient (Wildman–Crippen LogP) is 2.00. The molecule has 126 valence electrons. The molecule has 1 aromatic carbocycles. The van der Waals surface area contributed by atoms with Crippen molar-refractivity contribution in [2.24, 2.45) is 0 Å². The molecule has 0 fully saturated rings. The number of carbonyl (C=O) groups is 2. The summed E-state index contributed by atoms with van der Waals surface area (Å²) in [6.45, 7) is 0.224. The molecule has 0 N–H and O–H groups in total. The SMILES string of the molecule is COC(CN(C)C(=O)c1ncccc1C(=O)c1ccccc1)OC. The second-order valence-electron chi connectivity index (χ2n) is 5.18. The maximum atomic E-state index is 12.7. The number of likely N-dealkylation sites (N-methyl/N-ethyl adjacent to an activating group) is 1. The number of hydrogen-bond acceptors (Lipinski definition) is 5. The molecule has 2 aromatic rings. The van der Waals surface area contributed by atoms with Gasteiger partial charge in [-0.15, -0.1) is 0 Å². The summed E-state index contributed by atoms with van der Waals surface area (Å²) in [7, 11) is 4.61. The number of ether oxygens (including phenoxy) is 2. The average Bonchev–Trinajstić information content (AvgIpc) is 2.65. The maximum Gasteiger partial charge on any atom is 0.273 e. The topological polar surface area (TPSA) is 68.7 Å². The van der Waals surface area contributed by atoms with Gasteiger partial charge in [-0.3, -0.25) is 14.6 Å². The van der Waals surface area contributed by atoms with Crippen molar-refractivity contribution in [2.45, 2.75) is 6.29 Å². The highest BCUT2D eigenvalue weighted by molar-refractivity contribution is 6.14. The van der Waals surface area contributed by atoms with Gasteiger partial charge >= 0.3 is 0 Å². The molecular weight excluding hydrogens is 308 g/mol. The van der Waals surface area contributed by atoms with Crippen LogP contribution < -0.4 is 0 Å². The van der Waals surface area contributed by atoms with Gasteiger partial charge in [-0.2, -0.15) is 0 Å². The summed E-state index contributed by atoms with van der Waals surface area (Å²) in [5, 5.41) is 0. The zero-order valence-corrected chi connectivity index (χ0v) is 13.9. The molecule has 0 bridgehead atoms. The van der Waals surface area contributed by atoms with Gasteiger partial charge in [0.1, 0.15) is 5.69 Å². The highest BCUT2D eigenvalue weighted by atomic mass is 16.7. The second-order valence-corrected chi connectivity index (χ2v) is 5.18. The third-order valence-electron chi connectivity index (χ3n) is 3.59. The summed E-state index contributed by atoms with van der Waals surface area (Å²) in [5.74, 6) is -0.607. The van der Waals surface area contributed by atoms with E-state index in [4.69, 9.17) is 9.47 Å². The van der Waals surface area contributed by atoms with Crippen LogP contribution in [0.1, 0.15) is 26.4 Å². The fraction of sp³-hybridized carbons (Fsp3) is 0.278. The molecular formula is C18H20N2O4. The number of aromatic nitrogens is 1. The molecule has 1 aromatic heterocycles. The van der Waals surface area contributed by atoms with Gasteiger partial charge in [0.25, 0.3) is 5.91 Å². The van der Waals surface area contributed by atoms with E-state index in [1.54, 1.807) is 43.4 Å². The van der Waals surface area contributed by atoms with Crippen LogP contribution in [0.4, 0.5) is 0 Å². The van der Waals surface area contributed by atoms with Crippen LogP contribution >= 0.6 is 0 Å². The number of benzene rings is 1. The monoisotopic (exact) mass is 328 g/mol. The first-order valence-electron chi connectivity index (χ1n) is 7.44. The largest absolute Gasteiger partial charge is 0.354 e. The molecule has 24 heavy (non-hydrogen) atoms. The molecule has 1 amide bonds. The summed E-state index contributed by atoms with van der Waals surface area (Å²) in [6.07, 6.45) is 0.948. The Labute approximate surface area is 141 Å². The molecule has 0 unspecified atom stereocenters. The summed E-state index contributed by atoms with van der Waals surface area (Å²) in [4.78, 5) is 30.9. The lowest BCUT2D eigenvalue weighted by Crippen LogP contribution is -2.37. The Morgan fingerprint density at radius 3 is 2.38 bits per heavy atom. The van der Waals surface area contributed by atoms with Crippen LogP contribution in [0.2, 0.25) is 0 Å². The molecule has 2 rings (SSSR count). The maximum absolute atomic E-state index is 12.7. The first-order chi connectivity index (χ1) is 11.6. The van der Waals surface area contributed by atoms with Crippen LogP contribution in [-0.4, -0.2) is 55.7 Å². The zero-order valence-electron chi connectivity index (χ0n) is 13.9. The normalized spacial score (nSPS) is 10.7. The van der Waals surface area contributed by atoms with E-state index in [1.807, 2.05) is 6.07 Å². The Kier molecular flexibility index (Phi) is 6.17. The van der Waals surface area contributed by atoms with Crippen molar-refractivity contribution in [3.05, 3.63) is 65.5 Å². The van der Waals surface area contributed by atoms with Gasteiger partial charge in [0.2, 0.25) is 0 Å². The molecule has 6 nitrogen and oxygen atoms in total. The fourth-order valence-corrected chi connectivity index (χ4v) is 2.24. The number of ketones is 1. The van der Waals surface area contributed by atoms with Crippen LogP contribution in [0.3, 0.4) is 0 Å². The lowest BCUT2D eigenvalue weighted by molar-refractivity contribution is -0.110. The van der Waals surface area contributed by atoms with E-state index < -0.39 is 6.29 Å². The number of hydrogen-bond donors (Lipinski definition) is 0. The van der Waals surface area contributed by atoms with E-state index >= 15 is 0 Å². The van der Waals surface area contributed by atoms with Gasteiger partial charge in [-0.1, -0.05) is 30.3 Å². The molecule has 0 saturated heterocycles. The number of carbonyl (C=O) groups excluding carboxylic acids is 2.